The zero-order valence-electron chi connectivity index (χ0n) is 18.9. The van der Waals surface area contributed by atoms with Gasteiger partial charge in [0.15, 0.2) is 0 Å². The van der Waals surface area contributed by atoms with Crippen LogP contribution in [0.5, 0.6) is 5.88 Å². The number of aromatic nitrogens is 2. The normalized spacial score (nSPS) is 13.6. The first-order chi connectivity index (χ1) is 16.6. The van der Waals surface area contributed by atoms with E-state index in [1.165, 1.54) is 30.7 Å². The molecular formula is C27H25FN4O2. The maximum absolute atomic E-state index is 13.3. The molecule has 7 heteroatoms. The van der Waals surface area contributed by atoms with Crippen molar-refractivity contribution in [3.05, 3.63) is 78.1 Å². The van der Waals surface area contributed by atoms with E-state index >= 15 is 0 Å². The maximum Gasteiger partial charge on any atom is 0.255 e. The van der Waals surface area contributed by atoms with Gasteiger partial charge in [-0.2, -0.15) is 0 Å². The number of fused-ring (bicyclic) bond motifs is 1. The quantitative estimate of drug-likeness (QED) is 0.418. The van der Waals surface area contributed by atoms with Crippen molar-refractivity contribution in [1.29, 1.82) is 0 Å². The van der Waals surface area contributed by atoms with Crippen LogP contribution in [0.3, 0.4) is 0 Å². The van der Waals surface area contributed by atoms with Crippen molar-refractivity contribution in [2.45, 2.75) is 19.3 Å². The molecule has 5 rings (SSSR count). The van der Waals surface area contributed by atoms with Crippen molar-refractivity contribution in [1.82, 2.24) is 10.2 Å². The lowest BCUT2D eigenvalue weighted by molar-refractivity contribution is 0.102. The smallest absolute Gasteiger partial charge is 0.255 e. The second-order valence-corrected chi connectivity index (χ2v) is 8.34. The van der Waals surface area contributed by atoms with Crippen LogP contribution in [-0.2, 0) is 0 Å². The molecule has 4 aromatic rings. The van der Waals surface area contributed by atoms with Gasteiger partial charge in [-0.05, 0) is 61.7 Å². The van der Waals surface area contributed by atoms with E-state index < -0.39 is 0 Å². The summed E-state index contributed by atoms with van der Waals surface area (Å²) in [5, 5.41) is 13.5. The van der Waals surface area contributed by atoms with Crippen LogP contribution in [0.15, 0.2) is 66.7 Å². The second-order valence-electron chi connectivity index (χ2n) is 8.34. The number of piperidine rings is 1. The van der Waals surface area contributed by atoms with Crippen molar-refractivity contribution in [2.75, 3.05) is 30.4 Å². The lowest BCUT2D eigenvalue weighted by Crippen LogP contribution is -2.30. The molecule has 1 fully saturated rings. The third-order valence-corrected chi connectivity index (χ3v) is 6.17. The summed E-state index contributed by atoms with van der Waals surface area (Å²) in [6, 6.07) is 19.3. The molecule has 2 heterocycles. The molecule has 0 radical (unpaired) electrons. The SMILES string of the molecule is COc1nnc(-c2ccc(N3CCCCC3)c(NC(=O)c3ccc(F)cc3)c2)c2ccccc12. The largest absolute Gasteiger partial charge is 0.479 e. The van der Waals surface area contributed by atoms with Gasteiger partial charge in [-0.1, -0.05) is 24.3 Å². The number of nitrogens with one attached hydrogen (secondary N) is 1. The van der Waals surface area contributed by atoms with Gasteiger partial charge in [0, 0.05) is 35.0 Å². The molecule has 172 valence electrons. The number of anilines is 2. The standard InChI is InChI=1S/C27H25FN4O2/c1-34-27-22-8-4-3-7-21(22)25(30-31-27)19-11-14-24(32-15-5-2-6-16-32)23(17-19)29-26(33)18-9-12-20(28)13-10-18/h3-4,7-14,17H,2,5-6,15-16H2,1H3,(H,29,33). The highest BCUT2D eigenvalue weighted by molar-refractivity contribution is 6.07. The molecule has 1 aromatic heterocycles. The van der Waals surface area contributed by atoms with E-state index in [9.17, 15) is 9.18 Å². The number of halogens is 1. The van der Waals surface area contributed by atoms with E-state index in [2.05, 4.69) is 20.4 Å². The average molecular weight is 457 g/mol. The van der Waals surface area contributed by atoms with Crippen LogP contribution in [0.25, 0.3) is 22.0 Å². The van der Waals surface area contributed by atoms with Gasteiger partial charge in [-0.3, -0.25) is 4.79 Å². The Balaban J connectivity index is 1.58. The lowest BCUT2D eigenvalue weighted by atomic mass is 10.0. The van der Waals surface area contributed by atoms with Gasteiger partial charge in [-0.15, -0.1) is 10.2 Å². The Kier molecular flexibility index (Phi) is 6.08. The van der Waals surface area contributed by atoms with Crippen LogP contribution in [-0.4, -0.2) is 36.3 Å². The number of rotatable bonds is 5. The summed E-state index contributed by atoms with van der Waals surface area (Å²) in [5.74, 6) is -0.201. The van der Waals surface area contributed by atoms with E-state index in [1.54, 1.807) is 7.11 Å². The molecule has 1 N–H and O–H groups in total. The topological polar surface area (TPSA) is 67.4 Å². The Morgan fingerprint density at radius 2 is 1.68 bits per heavy atom. The van der Waals surface area contributed by atoms with Crippen molar-refractivity contribution < 1.29 is 13.9 Å². The van der Waals surface area contributed by atoms with Gasteiger partial charge in [0.05, 0.1) is 18.5 Å². The highest BCUT2D eigenvalue weighted by atomic mass is 19.1. The third kappa shape index (κ3) is 4.29. The Hall–Kier alpha value is -4.00. The summed E-state index contributed by atoms with van der Waals surface area (Å²) in [5.41, 5.74) is 3.59. The Bertz CT molecular complexity index is 1330. The lowest BCUT2D eigenvalue weighted by Gasteiger charge is -2.31. The van der Waals surface area contributed by atoms with Gasteiger partial charge >= 0.3 is 0 Å². The maximum atomic E-state index is 13.3. The Labute approximate surface area is 197 Å². The molecule has 6 nitrogen and oxygen atoms in total. The Morgan fingerprint density at radius 3 is 2.41 bits per heavy atom. The molecule has 0 atom stereocenters. The van der Waals surface area contributed by atoms with E-state index in [-0.39, 0.29) is 11.7 Å². The fourth-order valence-electron chi connectivity index (χ4n) is 4.43. The van der Waals surface area contributed by atoms with E-state index in [1.807, 2.05) is 42.5 Å². The van der Waals surface area contributed by atoms with E-state index in [0.29, 0.717) is 22.8 Å². The zero-order chi connectivity index (χ0) is 23.5. The molecule has 34 heavy (non-hydrogen) atoms. The highest BCUT2D eigenvalue weighted by Gasteiger charge is 2.19. The predicted molar refractivity (Wildman–Crippen MR) is 132 cm³/mol. The van der Waals surface area contributed by atoms with Crippen molar-refractivity contribution in [2.24, 2.45) is 0 Å². The first-order valence-corrected chi connectivity index (χ1v) is 11.4. The third-order valence-electron chi connectivity index (χ3n) is 6.17. The molecule has 0 aliphatic carbocycles. The summed E-state index contributed by atoms with van der Waals surface area (Å²) in [4.78, 5) is 15.3. The second kappa shape index (κ2) is 9.47. The molecule has 1 saturated heterocycles. The molecular weight excluding hydrogens is 431 g/mol. The summed E-state index contributed by atoms with van der Waals surface area (Å²) < 4.78 is 18.7. The summed E-state index contributed by atoms with van der Waals surface area (Å²) in [7, 11) is 1.58. The molecule has 0 spiro atoms. The molecule has 3 aromatic carbocycles. The van der Waals surface area contributed by atoms with E-state index in [4.69, 9.17) is 4.74 Å². The van der Waals surface area contributed by atoms with Gasteiger partial charge in [0.2, 0.25) is 5.88 Å². The number of nitrogens with zero attached hydrogens (tertiary/aromatic N) is 3. The van der Waals surface area contributed by atoms with Crippen LogP contribution in [0.4, 0.5) is 15.8 Å². The fraction of sp³-hybridized carbons (Fsp3) is 0.222. The van der Waals surface area contributed by atoms with Gasteiger partial charge < -0.3 is 15.0 Å². The summed E-state index contributed by atoms with van der Waals surface area (Å²) >= 11 is 0. The van der Waals surface area contributed by atoms with E-state index in [0.717, 1.165) is 48.0 Å². The fourth-order valence-corrected chi connectivity index (χ4v) is 4.43. The highest BCUT2D eigenvalue weighted by Crippen LogP contribution is 2.36. The summed E-state index contributed by atoms with van der Waals surface area (Å²) in [6.07, 6.45) is 3.43. The number of benzene rings is 3. The zero-order valence-corrected chi connectivity index (χ0v) is 18.9. The van der Waals surface area contributed by atoms with Crippen molar-refractivity contribution in [3.63, 3.8) is 0 Å². The number of methoxy groups -OCH3 is 1. The summed E-state index contributed by atoms with van der Waals surface area (Å²) in [6.45, 7) is 1.87. The number of carbonyl (C=O) groups excluding carboxylic acids is 1. The number of amides is 1. The van der Waals surface area contributed by atoms with Gasteiger partial charge in [0.25, 0.3) is 5.91 Å². The molecule has 1 aliphatic rings. The molecule has 0 bridgehead atoms. The first kappa shape index (κ1) is 21.8. The van der Waals surface area contributed by atoms with Gasteiger partial charge in [-0.25, -0.2) is 4.39 Å². The first-order valence-electron chi connectivity index (χ1n) is 11.4. The minimum Gasteiger partial charge on any atom is -0.479 e. The minimum atomic E-state index is -0.377. The Morgan fingerprint density at radius 1 is 0.941 bits per heavy atom. The predicted octanol–water partition coefficient (Wildman–Crippen LogP) is 5.69. The molecule has 0 saturated carbocycles. The minimum absolute atomic E-state index is 0.291. The van der Waals surface area contributed by atoms with Crippen LogP contribution in [0.1, 0.15) is 29.6 Å². The number of hydrogen-bond acceptors (Lipinski definition) is 5. The molecule has 1 amide bonds. The van der Waals surface area contributed by atoms with Crippen LogP contribution < -0.4 is 15.0 Å². The van der Waals surface area contributed by atoms with Crippen LogP contribution >= 0.6 is 0 Å². The number of carbonyl (C=O) groups is 1. The monoisotopic (exact) mass is 456 g/mol. The molecule has 1 aliphatic heterocycles. The van der Waals surface area contributed by atoms with Crippen LogP contribution in [0.2, 0.25) is 0 Å². The van der Waals surface area contributed by atoms with Crippen molar-refractivity contribution in [3.8, 4) is 17.1 Å². The molecule has 0 unspecified atom stereocenters. The van der Waals surface area contributed by atoms with Crippen molar-refractivity contribution >= 4 is 28.1 Å². The van der Waals surface area contributed by atoms with Crippen LogP contribution in [0, 0.1) is 5.82 Å². The number of hydrogen-bond donors (Lipinski definition) is 1. The average Bonchev–Trinajstić information content (AvgIpc) is 2.89. The van der Waals surface area contributed by atoms with Gasteiger partial charge in [0.1, 0.15) is 11.5 Å². The number of ether oxygens (including phenoxy) is 1.